The van der Waals surface area contributed by atoms with Crippen LogP contribution in [0.1, 0.15) is 23.7 Å². The van der Waals surface area contributed by atoms with Crippen molar-refractivity contribution in [1.82, 2.24) is 0 Å². The maximum absolute atomic E-state index is 11.9. The largest absolute Gasteiger partial charge is 0.457 e. The van der Waals surface area contributed by atoms with Crippen LogP contribution in [0.15, 0.2) is 42.5 Å². The minimum atomic E-state index is -0.00790. The number of Topliss-reactive ketones (excluding diaryl/α,β-unsaturated/α-hetero) is 1. The summed E-state index contributed by atoms with van der Waals surface area (Å²) in [4.78, 5) is 11.9. The Morgan fingerprint density at radius 1 is 1.05 bits per heavy atom. The fourth-order valence-corrected chi connectivity index (χ4v) is 1.93. The highest BCUT2D eigenvalue weighted by Gasteiger charge is 2.12. The number of ether oxygens (including phenoxy) is 1. The minimum absolute atomic E-state index is 0.00790. The van der Waals surface area contributed by atoms with Gasteiger partial charge in [0, 0.05) is 16.5 Å². The summed E-state index contributed by atoms with van der Waals surface area (Å²) in [5, 5.41) is 1.15. The third kappa shape index (κ3) is 3.49. The normalized spacial score (nSPS) is 10.3. The van der Waals surface area contributed by atoms with Crippen LogP contribution in [0.25, 0.3) is 0 Å². The first-order valence-electron chi connectivity index (χ1n) is 5.86. The van der Waals surface area contributed by atoms with E-state index in [0.717, 1.165) is 0 Å². The van der Waals surface area contributed by atoms with Crippen molar-refractivity contribution in [2.24, 2.45) is 0 Å². The monoisotopic (exact) mass is 294 g/mol. The zero-order valence-corrected chi connectivity index (χ0v) is 11.8. The molecule has 98 valence electrons. The third-order valence-electron chi connectivity index (χ3n) is 2.60. The Morgan fingerprint density at radius 3 is 2.32 bits per heavy atom. The molecule has 0 aliphatic rings. The zero-order chi connectivity index (χ0) is 13.8. The molecule has 0 amide bonds. The predicted molar refractivity (Wildman–Crippen MR) is 77.6 cm³/mol. The van der Waals surface area contributed by atoms with Crippen molar-refractivity contribution in [3.05, 3.63) is 58.1 Å². The number of hydrogen-bond donors (Lipinski definition) is 0. The standard InChI is InChI=1S/C15H12Cl2O2/c1-2-14(18)13-9-11(17)5-8-15(13)19-12-6-3-10(16)4-7-12/h3-9H,2H2,1H3. The highest BCUT2D eigenvalue weighted by Crippen LogP contribution is 2.29. The summed E-state index contributed by atoms with van der Waals surface area (Å²) in [6.45, 7) is 1.80. The van der Waals surface area contributed by atoms with E-state index in [2.05, 4.69) is 0 Å². The predicted octanol–water partition coefficient (Wildman–Crippen LogP) is 5.38. The fraction of sp³-hybridized carbons (Fsp3) is 0.133. The Morgan fingerprint density at radius 2 is 1.68 bits per heavy atom. The summed E-state index contributed by atoms with van der Waals surface area (Å²) in [5.74, 6) is 1.11. The molecule has 0 aromatic heterocycles. The first kappa shape index (κ1) is 13.9. The first-order chi connectivity index (χ1) is 9.10. The number of carbonyl (C=O) groups excluding carboxylic acids is 1. The van der Waals surface area contributed by atoms with Crippen molar-refractivity contribution in [2.75, 3.05) is 0 Å². The molecule has 0 atom stereocenters. The van der Waals surface area contributed by atoms with Gasteiger partial charge in [0.15, 0.2) is 5.78 Å². The quantitative estimate of drug-likeness (QED) is 0.708. The van der Waals surface area contributed by atoms with Gasteiger partial charge >= 0.3 is 0 Å². The number of carbonyl (C=O) groups is 1. The molecule has 0 spiro atoms. The minimum Gasteiger partial charge on any atom is -0.457 e. The van der Waals surface area contributed by atoms with Crippen molar-refractivity contribution >= 4 is 29.0 Å². The maximum atomic E-state index is 11.9. The Balaban J connectivity index is 2.34. The van der Waals surface area contributed by atoms with Gasteiger partial charge in [-0.2, -0.15) is 0 Å². The van der Waals surface area contributed by atoms with Crippen LogP contribution in [0.5, 0.6) is 11.5 Å². The Hall–Kier alpha value is -1.51. The Bertz CT molecular complexity index is 592. The molecular weight excluding hydrogens is 283 g/mol. The zero-order valence-electron chi connectivity index (χ0n) is 10.3. The molecule has 0 saturated carbocycles. The van der Waals surface area contributed by atoms with Crippen LogP contribution in [0.3, 0.4) is 0 Å². The summed E-state index contributed by atoms with van der Waals surface area (Å²) < 4.78 is 5.70. The molecule has 2 aromatic rings. The van der Waals surface area contributed by atoms with Gasteiger partial charge in [-0.05, 0) is 42.5 Å². The van der Waals surface area contributed by atoms with Gasteiger partial charge in [0.25, 0.3) is 0 Å². The molecule has 0 saturated heterocycles. The van der Waals surface area contributed by atoms with Crippen LogP contribution in [0, 0.1) is 0 Å². The molecule has 0 aliphatic carbocycles. The van der Waals surface area contributed by atoms with Gasteiger partial charge in [0.2, 0.25) is 0 Å². The van der Waals surface area contributed by atoms with Crippen LogP contribution in [-0.2, 0) is 0 Å². The van der Waals surface area contributed by atoms with Gasteiger partial charge in [-0.15, -0.1) is 0 Å². The second-order valence-corrected chi connectivity index (χ2v) is 4.85. The molecule has 19 heavy (non-hydrogen) atoms. The second kappa shape index (κ2) is 6.09. The van der Waals surface area contributed by atoms with E-state index in [1.165, 1.54) is 0 Å². The van der Waals surface area contributed by atoms with Crippen molar-refractivity contribution in [2.45, 2.75) is 13.3 Å². The molecule has 0 bridgehead atoms. The highest BCUT2D eigenvalue weighted by molar-refractivity contribution is 6.31. The lowest BCUT2D eigenvalue weighted by Crippen LogP contribution is -2.00. The smallest absolute Gasteiger partial charge is 0.166 e. The van der Waals surface area contributed by atoms with Gasteiger partial charge in [0.05, 0.1) is 5.56 Å². The first-order valence-corrected chi connectivity index (χ1v) is 6.62. The number of halogens is 2. The number of hydrogen-bond acceptors (Lipinski definition) is 2. The van der Waals surface area contributed by atoms with Crippen LogP contribution in [0.2, 0.25) is 10.0 Å². The summed E-state index contributed by atoms with van der Waals surface area (Å²) >= 11 is 11.7. The summed E-state index contributed by atoms with van der Waals surface area (Å²) in [5.41, 5.74) is 0.491. The second-order valence-electron chi connectivity index (χ2n) is 3.97. The molecule has 0 radical (unpaired) electrons. The molecule has 4 heteroatoms. The SMILES string of the molecule is CCC(=O)c1cc(Cl)ccc1Oc1ccc(Cl)cc1. The lowest BCUT2D eigenvalue weighted by Gasteiger charge is -2.10. The molecule has 2 nitrogen and oxygen atoms in total. The molecule has 2 aromatic carbocycles. The van der Waals surface area contributed by atoms with Gasteiger partial charge in [-0.3, -0.25) is 4.79 Å². The van der Waals surface area contributed by atoms with Crippen molar-refractivity contribution < 1.29 is 9.53 Å². The van der Waals surface area contributed by atoms with Crippen molar-refractivity contribution in [1.29, 1.82) is 0 Å². The molecule has 2 rings (SSSR count). The topological polar surface area (TPSA) is 26.3 Å². The molecule has 0 N–H and O–H groups in total. The van der Waals surface area contributed by atoms with Crippen LogP contribution < -0.4 is 4.74 Å². The number of ketones is 1. The third-order valence-corrected chi connectivity index (χ3v) is 3.09. The van der Waals surface area contributed by atoms with E-state index >= 15 is 0 Å². The molecule has 0 heterocycles. The molecule has 0 aliphatic heterocycles. The summed E-state index contributed by atoms with van der Waals surface area (Å²) in [6.07, 6.45) is 0.400. The van der Waals surface area contributed by atoms with Gasteiger partial charge in [0.1, 0.15) is 11.5 Å². The molecular formula is C15H12Cl2O2. The number of rotatable bonds is 4. The lowest BCUT2D eigenvalue weighted by molar-refractivity contribution is 0.0986. The van der Waals surface area contributed by atoms with Gasteiger partial charge < -0.3 is 4.74 Å². The van der Waals surface area contributed by atoms with Crippen LogP contribution >= 0.6 is 23.2 Å². The van der Waals surface area contributed by atoms with Gasteiger partial charge in [-0.25, -0.2) is 0 Å². The molecule has 0 fully saturated rings. The van der Waals surface area contributed by atoms with Crippen molar-refractivity contribution in [3.63, 3.8) is 0 Å². The van der Waals surface area contributed by atoms with E-state index in [9.17, 15) is 4.79 Å². The highest BCUT2D eigenvalue weighted by atomic mass is 35.5. The average Bonchev–Trinajstić information content (AvgIpc) is 2.42. The summed E-state index contributed by atoms with van der Waals surface area (Å²) in [7, 11) is 0. The number of benzene rings is 2. The maximum Gasteiger partial charge on any atom is 0.166 e. The van der Waals surface area contributed by atoms with E-state index in [1.807, 2.05) is 0 Å². The van der Waals surface area contributed by atoms with Crippen molar-refractivity contribution in [3.8, 4) is 11.5 Å². The Labute approximate surface area is 121 Å². The van der Waals surface area contributed by atoms with E-state index in [-0.39, 0.29) is 5.78 Å². The van der Waals surface area contributed by atoms with E-state index in [4.69, 9.17) is 27.9 Å². The fourth-order valence-electron chi connectivity index (χ4n) is 1.63. The van der Waals surface area contributed by atoms with E-state index in [1.54, 1.807) is 49.4 Å². The molecule has 0 unspecified atom stereocenters. The van der Waals surface area contributed by atoms with Crippen LogP contribution in [0.4, 0.5) is 0 Å². The average molecular weight is 295 g/mol. The van der Waals surface area contributed by atoms with E-state index in [0.29, 0.717) is 33.5 Å². The van der Waals surface area contributed by atoms with Crippen LogP contribution in [-0.4, -0.2) is 5.78 Å². The Kier molecular flexibility index (Phi) is 4.46. The van der Waals surface area contributed by atoms with E-state index < -0.39 is 0 Å². The van der Waals surface area contributed by atoms with Gasteiger partial charge in [-0.1, -0.05) is 30.1 Å². The summed E-state index contributed by atoms with van der Waals surface area (Å²) in [6, 6.07) is 12.0. The lowest BCUT2D eigenvalue weighted by atomic mass is 10.1.